The van der Waals surface area contributed by atoms with Crippen molar-refractivity contribution in [2.75, 3.05) is 7.11 Å². The van der Waals surface area contributed by atoms with Crippen LogP contribution in [0.1, 0.15) is 22.9 Å². The topological polar surface area (TPSA) is 123 Å². The molecule has 1 atom stereocenters. The fourth-order valence-electron chi connectivity index (χ4n) is 3.71. The molecule has 1 N–H and O–H groups in total. The molecule has 0 radical (unpaired) electrons. The van der Waals surface area contributed by atoms with Gasteiger partial charge >= 0.3 is 0 Å². The van der Waals surface area contributed by atoms with Gasteiger partial charge in [0.15, 0.2) is 11.6 Å². The van der Waals surface area contributed by atoms with Crippen molar-refractivity contribution in [3.8, 4) is 5.75 Å². The summed E-state index contributed by atoms with van der Waals surface area (Å²) in [4.78, 5) is 37.5. The Morgan fingerprint density at radius 2 is 1.94 bits per heavy atom. The number of hydrogen-bond acceptors (Lipinski definition) is 7. The van der Waals surface area contributed by atoms with E-state index in [-0.39, 0.29) is 29.1 Å². The summed E-state index contributed by atoms with van der Waals surface area (Å²) < 4.78 is 24.4. The van der Waals surface area contributed by atoms with Crippen LogP contribution >= 0.6 is 0 Å². The van der Waals surface area contributed by atoms with Crippen LogP contribution < -0.4 is 4.74 Å². The Bertz CT molecular complexity index is 1270. The summed E-state index contributed by atoms with van der Waals surface area (Å²) in [6, 6.07) is 11.0. The number of non-ortho nitro benzene ring substituents is 1. The van der Waals surface area contributed by atoms with Gasteiger partial charge in [-0.15, -0.1) is 0 Å². The van der Waals surface area contributed by atoms with Gasteiger partial charge in [-0.25, -0.2) is 4.39 Å². The van der Waals surface area contributed by atoms with E-state index in [0.717, 1.165) is 6.07 Å². The molecule has 0 spiro atoms. The summed E-state index contributed by atoms with van der Waals surface area (Å²) in [6.45, 7) is -0.0903. The van der Waals surface area contributed by atoms with Gasteiger partial charge in [0, 0.05) is 17.7 Å². The number of nitro groups is 1. The Hall–Kier alpha value is -4.47. The fraction of sp³-hybridized carbons (Fsp3) is 0.130. The van der Waals surface area contributed by atoms with E-state index in [0.29, 0.717) is 11.3 Å². The van der Waals surface area contributed by atoms with Crippen LogP contribution in [-0.2, 0) is 16.1 Å². The number of furan rings is 1. The van der Waals surface area contributed by atoms with Crippen molar-refractivity contribution < 1.29 is 33.2 Å². The minimum atomic E-state index is -1.08. The van der Waals surface area contributed by atoms with Gasteiger partial charge in [-0.3, -0.25) is 19.7 Å². The number of hydrogen-bond donors (Lipinski definition) is 1. The minimum Gasteiger partial charge on any atom is -0.507 e. The van der Waals surface area contributed by atoms with Crippen LogP contribution in [0.25, 0.3) is 5.76 Å². The number of carbonyl (C=O) groups is 2. The molecule has 33 heavy (non-hydrogen) atoms. The first-order valence-electron chi connectivity index (χ1n) is 9.71. The maximum absolute atomic E-state index is 14.2. The van der Waals surface area contributed by atoms with Gasteiger partial charge in [0.05, 0.1) is 36.5 Å². The van der Waals surface area contributed by atoms with Gasteiger partial charge in [-0.1, -0.05) is 0 Å². The summed E-state index contributed by atoms with van der Waals surface area (Å²) in [5.41, 5.74) is -0.137. The average Bonchev–Trinajstić information content (AvgIpc) is 3.41. The molecule has 1 aromatic heterocycles. The molecule has 1 saturated heterocycles. The number of methoxy groups -OCH3 is 1. The smallest absolute Gasteiger partial charge is 0.296 e. The second kappa shape index (κ2) is 8.58. The van der Waals surface area contributed by atoms with Crippen molar-refractivity contribution in [1.82, 2.24) is 4.90 Å². The molecule has 1 aliphatic rings. The Morgan fingerprint density at radius 3 is 2.52 bits per heavy atom. The molecule has 9 nitrogen and oxygen atoms in total. The number of aliphatic hydroxyl groups is 1. The number of nitro benzene ring substituents is 1. The monoisotopic (exact) mass is 452 g/mol. The van der Waals surface area contributed by atoms with Gasteiger partial charge < -0.3 is 19.2 Å². The third-order valence-electron chi connectivity index (χ3n) is 5.29. The number of rotatable bonds is 6. The third-order valence-corrected chi connectivity index (χ3v) is 5.29. The van der Waals surface area contributed by atoms with Gasteiger partial charge in [0.2, 0.25) is 0 Å². The van der Waals surface area contributed by atoms with Gasteiger partial charge in [0.1, 0.15) is 11.5 Å². The van der Waals surface area contributed by atoms with Crippen LogP contribution in [0.15, 0.2) is 70.9 Å². The molecule has 0 saturated carbocycles. The maximum atomic E-state index is 14.2. The quantitative estimate of drug-likeness (QED) is 0.197. The number of ketones is 1. The fourth-order valence-corrected chi connectivity index (χ4v) is 3.71. The van der Waals surface area contributed by atoms with Crippen molar-refractivity contribution in [2.24, 2.45) is 0 Å². The number of likely N-dealkylation sites (tertiary alicyclic amines) is 1. The highest BCUT2D eigenvalue weighted by molar-refractivity contribution is 6.46. The summed E-state index contributed by atoms with van der Waals surface area (Å²) in [5, 5.41) is 22.0. The second-order valence-electron chi connectivity index (χ2n) is 7.20. The molecule has 2 aromatic carbocycles. The summed E-state index contributed by atoms with van der Waals surface area (Å²) in [5.74, 6) is -2.89. The van der Waals surface area contributed by atoms with Crippen molar-refractivity contribution in [3.05, 3.63) is 99.3 Å². The number of carbonyl (C=O) groups excluding carboxylic acids is 2. The highest BCUT2D eigenvalue weighted by atomic mass is 19.1. The van der Waals surface area contributed by atoms with Gasteiger partial charge in [-0.2, -0.15) is 0 Å². The highest BCUT2D eigenvalue weighted by Gasteiger charge is 2.46. The van der Waals surface area contributed by atoms with Crippen molar-refractivity contribution >= 4 is 23.1 Å². The first kappa shape index (κ1) is 21.8. The van der Waals surface area contributed by atoms with Crippen LogP contribution in [0, 0.1) is 15.9 Å². The number of Topliss-reactive ketones (excluding diaryl/α,β-unsaturated/α-hetero) is 1. The number of aliphatic hydroxyl groups excluding tert-OH is 1. The zero-order valence-electron chi connectivity index (χ0n) is 17.2. The molecule has 3 aromatic rings. The lowest BCUT2D eigenvalue weighted by atomic mass is 9.95. The van der Waals surface area contributed by atoms with E-state index in [1.54, 1.807) is 12.1 Å². The molecular formula is C23H17FN2O7. The molecule has 1 fully saturated rings. The Kier molecular flexibility index (Phi) is 5.65. The van der Waals surface area contributed by atoms with E-state index < -0.39 is 34.2 Å². The van der Waals surface area contributed by atoms with Crippen LogP contribution in [0.2, 0.25) is 0 Å². The zero-order chi connectivity index (χ0) is 23.7. The number of halogens is 1. The summed E-state index contributed by atoms with van der Waals surface area (Å²) in [6.07, 6.45) is 1.41. The molecule has 1 aliphatic heterocycles. The number of benzene rings is 2. The molecule has 4 rings (SSSR count). The second-order valence-corrected chi connectivity index (χ2v) is 7.20. The van der Waals surface area contributed by atoms with Crippen LogP contribution in [-0.4, -0.2) is 33.7 Å². The highest BCUT2D eigenvalue weighted by Crippen LogP contribution is 2.41. The first-order chi connectivity index (χ1) is 15.8. The average molecular weight is 452 g/mol. The van der Waals surface area contributed by atoms with Crippen LogP contribution in [0.5, 0.6) is 5.75 Å². The number of nitrogens with zero attached hydrogens (tertiary/aromatic N) is 2. The predicted molar refractivity (Wildman–Crippen MR) is 113 cm³/mol. The van der Waals surface area contributed by atoms with Gasteiger partial charge in [-0.05, 0) is 48.0 Å². The third kappa shape index (κ3) is 3.93. The maximum Gasteiger partial charge on any atom is 0.296 e. The van der Waals surface area contributed by atoms with E-state index in [2.05, 4.69) is 0 Å². The van der Waals surface area contributed by atoms with E-state index in [1.807, 2.05) is 0 Å². The normalized spacial score (nSPS) is 17.4. The SMILES string of the molecule is COc1ccc(C(O)=C2C(=O)C(=O)N(Cc3ccco3)[C@H]2c2ccc([N+](=O)[O-])cc2)cc1F. The Morgan fingerprint density at radius 1 is 1.21 bits per heavy atom. The number of ether oxygens (including phenoxy) is 1. The lowest BCUT2D eigenvalue weighted by molar-refractivity contribution is -0.384. The van der Waals surface area contributed by atoms with E-state index in [9.17, 15) is 29.2 Å². The van der Waals surface area contributed by atoms with Crippen molar-refractivity contribution in [2.45, 2.75) is 12.6 Å². The molecule has 0 unspecified atom stereocenters. The Balaban J connectivity index is 1.86. The predicted octanol–water partition coefficient (Wildman–Crippen LogP) is 3.96. The molecule has 10 heteroatoms. The number of amides is 1. The largest absolute Gasteiger partial charge is 0.507 e. The lowest BCUT2D eigenvalue weighted by Crippen LogP contribution is -2.29. The molecule has 1 amide bonds. The minimum absolute atomic E-state index is 0.0313. The van der Waals surface area contributed by atoms with Crippen molar-refractivity contribution in [1.29, 1.82) is 0 Å². The molecule has 0 aliphatic carbocycles. The molecule has 168 valence electrons. The zero-order valence-corrected chi connectivity index (χ0v) is 17.2. The molecular weight excluding hydrogens is 435 g/mol. The van der Waals surface area contributed by atoms with Crippen LogP contribution in [0.4, 0.5) is 10.1 Å². The van der Waals surface area contributed by atoms with Gasteiger partial charge in [0.25, 0.3) is 17.4 Å². The Labute approximate surface area is 186 Å². The molecule has 2 heterocycles. The first-order valence-corrected chi connectivity index (χ1v) is 9.71. The van der Waals surface area contributed by atoms with E-state index in [1.165, 1.54) is 54.7 Å². The van der Waals surface area contributed by atoms with E-state index >= 15 is 0 Å². The lowest BCUT2D eigenvalue weighted by Gasteiger charge is -2.24. The standard InChI is InChI=1S/C23H17FN2O7/c1-32-18-9-6-14(11-17(18)24)21(27)19-20(13-4-7-15(8-5-13)26(30)31)25(23(29)22(19)28)12-16-3-2-10-33-16/h2-11,20,27H,12H2,1H3/t20-/m0/s1. The summed E-state index contributed by atoms with van der Waals surface area (Å²) >= 11 is 0. The molecule has 0 bridgehead atoms. The van der Waals surface area contributed by atoms with Crippen molar-refractivity contribution in [3.63, 3.8) is 0 Å². The summed E-state index contributed by atoms with van der Waals surface area (Å²) in [7, 11) is 1.28. The van der Waals surface area contributed by atoms with Crippen LogP contribution in [0.3, 0.4) is 0 Å². The van der Waals surface area contributed by atoms with E-state index in [4.69, 9.17) is 9.15 Å².